The van der Waals surface area contributed by atoms with E-state index in [1.54, 1.807) is 17.0 Å². The molecule has 4 heteroatoms. The lowest BCUT2D eigenvalue weighted by molar-refractivity contribution is 1.01. The molecule has 0 aliphatic carbocycles. The van der Waals surface area contributed by atoms with Crippen molar-refractivity contribution in [2.75, 3.05) is 0 Å². The SMILES string of the molecule is Cc1ccc2c(c1)[nH]c(=O)n2-c1ccncc1. The maximum absolute atomic E-state index is 11.9. The van der Waals surface area contributed by atoms with Gasteiger partial charge in [-0.2, -0.15) is 0 Å². The first kappa shape index (κ1) is 9.84. The first-order chi connectivity index (χ1) is 8.25. The molecule has 1 N–H and O–H groups in total. The lowest BCUT2D eigenvalue weighted by atomic mass is 10.2. The molecule has 0 aliphatic rings. The predicted molar refractivity (Wildman–Crippen MR) is 66.4 cm³/mol. The lowest BCUT2D eigenvalue weighted by Crippen LogP contribution is -2.14. The summed E-state index contributed by atoms with van der Waals surface area (Å²) in [5.74, 6) is 0. The smallest absolute Gasteiger partial charge is 0.305 e. The third-order valence-electron chi connectivity index (χ3n) is 2.76. The quantitative estimate of drug-likeness (QED) is 0.688. The van der Waals surface area contributed by atoms with E-state index >= 15 is 0 Å². The number of rotatable bonds is 1. The number of pyridine rings is 1. The van der Waals surface area contributed by atoms with Gasteiger partial charge in [-0.1, -0.05) is 6.07 Å². The largest absolute Gasteiger partial charge is 0.331 e. The summed E-state index contributed by atoms with van der Waals surface area (Å²) < 4.78 is 1.65. The summed E-state index contributed by atoms with van der Waals surface area (Å²) in [4.78, 5) is 18.7. The number of H-pyrrole nitrogens is 1. The first-order valence-electron chi connectivity index (χ1n) is 5.37. The first-order valence-corrected chi connectivity index (χ1v) is 5.37. The standard InChI is InChI=1S/C13H11N3O/c1-9-2-3-12-11(8-9)15-13(17)16(12)10-4-6-14-7-5-10/h2-8H,1H3,(H,15,17). The Morgan fingerprint density at radius 3 is 2.71 bits per heavy atom. The van der Waals surface area contributed by atoms with Gasteiger partial charge in [0, 0.05) is 12.4 Å². The zero-order valence-corrected chi connectivity index (χ0v) is 9.34. The maximum atomic E-state index is 11.9. The van der Waals surface area contributed by atoms with Crippen LogP contribution < -0.4 is 5.69 Å². The third kappa shape index (κ3) is 1.54. The minimum absolute atomic E-state index is 0.128. The fraction of sp³-hybridized carbons (Fsp3) is 0.0769. The molecule has 4 nitrogen and oxygen atoms in total. The number of aromatic amines is 1. The highest BCUT2D eigenvalue weighted by molar-refractivity contribution is 5.77. The van der Waals surface area contributed by atoms with Gasteiger partial charge >= 0.3 is 5.69 Å². The monoisotopic (exact) mass is 225 g/mol. The lowest BCUT2D eigenvalue weighted by Gasteiger charge is -2.02. The van der Waals surface area contributed by atoms with Crippen LogP contribution in [0.2, 0.25) is 0 Å². The van der Waals surface area contributed by atoms with Crippen LogP contribution in [0.5, 0.6) is 0 Å². The maximum Gasteiger partial charge on any atom is 0.331 e. The van der Waals surface area contributed by atoms with Gasteiger partial charge in [0.05, 0.1) is 16.7 Å². The molecule has 0 bridgehead atoms. The molecule has 84 valence electrons. The normalized spacial score (nSPS) is 10.9. The molecule has 0 saturated heterocycles. The van der Waals surface area contributed by atoms with Crippen molar-refractivity contribution in [1.82, 2.24) is 14.5 Å². The van der Waals surface area contributed by atoms with Crippen molar-refractivity contribution in [3.63, 3.8) is 0 Å². The molecule has 0 aliphatic heterocycles. The van der Waals surface area contributed by atoms with Crippen LogP contribution in [0.1, 0.15) is 5.56 Å². The molecule has 17 heavy (non-hydrogen) atoms. The van der Waals surface area contributed by atoms with Gasteiger partial charge in [-0.15, -0.1) is 0 Å². The Balaban J connectivity index is 2.37. The number of aromatic nitrogens is 3. The molecule has 0 atom stereocenters. The van der Waals surface area contributed by atoms with E-state index in [1.165, 1.54) is 0 Å². The van der Waals surface area contributed by atoms with Gasteiger partial charge in [0.2, 0.25) is 0 Å². The molecular formula is C13H11N3O. The summed E-state index contributed by atoms with van der Waals surface area (Å²) >= 11 is 0. The van der Waals surface area contributed by atoms with Crippen molar-refractivity contribution in [1.29, 1.82) is 0 Å². The van der Waals surface area contributed by atoms with Crippen LogP contribution in [0, 0.1) is 6.92 Å². The van der Waals surface area contributed by atoms with E-state index in [9.17, 15) is 4.79 Å². The van der Waals surface area contributed by atoms with Gasteiger partial charge in [0.1, 0.15) is 0 Å². The van der Waals surface area contributed by atoms with E-state index in [0.29, 0.717) is 0 Å². The average molecular weight is 225 g/mol. The zero-order chi connectivity index (χ0) is 11.8. The Bertz CT molecular complexity index is 725. The highest BCUT2D eigenvalue weighted by Gasteiger charge is 2.07. The van der Waals surface area contributed by atoms with Gasteiger partial charge < -0.3 is 4.98 Å². The average Bonchev–Trinajstić information content (AvgIpc) is 2.65. The van der Waals surface area contributed by atoms with Crippen LogP contribution in [-0.4, -0.2) is 14.5 Å². The van der Waals surface area contributed by atoms with Crippen LogP contribution in [0.15, 0.2) is 47.5 Å². The number of imidazole rings is 1. The van der Waals surface area contributed by atoms with Gasteiger partial charge in [0.15, 0.2) is 0 Å². The van der Waals surface area contributed by atoms with Crippen LogP contribution in [0.3, 0.4) is 0 Å². The number of fused-ring (bicyclic) bond motifs is 1. The van der Waals surface area contributed by atoms with Crippen molar-refractivity contribution in [3.05, 3.63) is 58.8 Å². The van der Waals surface area contributed by atoms with E-state index in [4.69, 9.17) is 0 Å². The van der Waals surface area contributed by atoms with E-state index in [1.807, 2.05) is 37.3 Å². The van der Waals surface area contributed by atoms with Crippen molar-refractivity contribution < 1.29 is 0 Å². The minimum Gasteiger partial charge on any atom is -0.305 e. The van der Waals surface area contributed by atoms with Crippen LogP contribution in [0.4, 0.5) is 0 Å². The van der Waals surface area contributed by atoms with E-state index < -0.39 is 0 Å². The minimum atomic E-state index is -0.128. The predicted octanol–water partition coefficient (Wildman–Crippen LogP) is 2.02. The zero-order valence-electron chi connectivity index (χ0n) is 9.34. The number of hydrogen-bond acceptors (Lipinski definition) is 2. The van der Waals surface area contributed by atoms with Gasteiger partial charge in [0.25, 0.3) is 0 Å². The molecule has 3 rings (SSSR count). The summed E-state index contributed by atoms with van der Waals surface area (Å²) in [6.07, 6.45) is 3.35. The Morgan fingerprint density at radius 2 is 1.94 bits per heavy atom. The highest BCUT2D eigenvalue weighted by atomic mass is 16.1. The Labute approximate surface area is 97.6 Å². The Morgan fingerprint density at radius 1 is 1.18 bits per heavy atom. The Hall–Kier alpha value is -2.36. The molecule has 1 aromatic carbocycles. The van der Waals surface area contributed by atoms with Crippen LogP contribution in [-0.2, 0) is 0 Å². The van der Waals surface area contributed by atoms with Crippen molar-refractivity contribution >= 4 is 11.0 Å². The molecule has 0 radical (unpaired) electrons. The summed E-state index contributed by atoms with van der Waals surface area (Å²) in [6, 6.07) is 9.54. The highest BCUT2D eigenvalue weighted by Crippen LogP contribution is 2.15. The van der Waals surface area contributed by atoms with Gasteiger partial charge in [-0.05, 0) is 36.8 Å². The van der Waals surface area contributed by atoms with Crippen LogP contribution >= 0.6 is 0 Å². The summed E-state index contributed by atoms with van der Waals surface area (Å²) in [5.41, 5.74) is 3.55. The second-order valence-electron chi connectivity index (χ2n) is 3.99. The molecule has 0 unspecified atom stereocenters. The molecule has 3 aromatic rings. The number of aryl methyl sites for hydroxylation is 1. The molecular weight excluding hydrogens is 214 g/mol. The number of hydrogen-bond donors (Lipinski definition) is 1. The number of nitrogens with one attached hydrogen (secondary N) is 1. The van der Waals surface area contributed by atoms with Crippen LogP contribution in [0.25, 0.3) is 16.7 Å². The summed E-state index contributed by atoms with van der Waals surface area (Å²) in [5, 5.41) is 0. The summed E-state index contributed by atoms with van der Waals surface area (Å²) in [7, 11) is 0. The second-order valence-corrected chi connectivity index (χ2v) is 3.99. The van der Waals surface area contributed by atoms with E-state index in [2.05, 4.69) is 9.97 Å². The van der Waals surface area contributed by atoms with Crippen molar-refractivity contribution in [2.45, 2.75) is 6.92 Å². The molecule has 2 heterocycles. The van der Waals surface area contributed by atoms with Gasteiger partial charge in [-0.25, -0.2) is 4.79 Å². The van der Waals surface area contributed by atoms with Crippen molar-refractivity contribution in [3.8, 4) is 5.69 Å². The molecule has 0 fully saturated rings. The van der Waals surface area contributed by atoms with E-state index in [0.717, 1.165) is 22.3 Å². The number of nitrogens with zero attached hydrogens (tertiary/aromatic N) is 2. The van der Waals surface area contributed by atoms with E-state index in [-0.39, 0.29) is 5.69 Å². The molecule has 0 saturated carbocycles. The number of benzene rings is 1. The Kier molecular flexibility index (Phi) is 2.08. The fourth-order valence-corrected chi connectivity index (χ4v) is 1.97. The topological polar surface area (TPSA) is 50.7 Å². The van der Waals surface area contributed by atoms with Gasteiger partial charge in [-0.3, -0.25) is 9.55 Å². The summed E-state index contributed by atoms with van der Waals surface area (Å²) in [6.45, 7) is 2.00. The molecule has 0 amide bonds. The second kappa shape index (κ2) is 3.59. The molecule has 2 aromatic heterocycles. The molecule has 0 spiro atoms. The van der Waals surface area contributed by atoms with Crippen molar-refractivity contribution in [2.24, 2.45) is 0 Å². The third-order valence-corrected chi connectivity index (χ3v) is 2.76. The fourth-order valence-electron chi connectivity index (χ4n) is 1.97.